The summed E-state index contributed by atoms with van der Waals surface area (Å²) >= 11 is 0. The highest BCUT2D eigenvalue weighted by molar-refractivity contribution is 6.37. The molecule has 3 rings (SSSR count). The second kappa shape index (κ2) is 6.60. The van der Waals surface area contributed by atoms with Crippen LogP contribution in [0.2, 0.25) is 0 Å². The summed E-state index contributed by atoms with van der Waals surface area (Å²) in [6, 6.07) is 7.73. The van der Waals surface area contributed by atoms with E-state index in [1.165, 1.54) is 0 Å². The van der Waals surface area contributed by atoms with Gasteiger partial charge in [-0.05, 0) is 24.5 Å². The lowest BCUT2D eigenvalue weighted by molar-refractivity contribution is -0.141. The first-order valence-electron chi connectivity index (χ1n) is 7.56. The van der Waals surface area contributed by atoms with Crippen LogP contribution in [0.1, 0.15) is 24.8 Å². The number of carbonyl (C=O) groups is 3. The Hall–Kier alpha value is -2.70. The summed E-state index contributed by atoms with van der Waals surface area (Å²) < 4.78 is 5.03. The van der Waals surface area contributed by atoms with Gasteiger partial charge in [-0.15, -0.1) is 0 Å². The van der Waals surface area contributed by atoms with Gasteiger partial charge in [0.15, 0.2) is 6.61 Å². The number of benzene rings is 1. The zero-order chi connectivity index (χ0) is 16.2. The van der Waals surface area contributed by atoms with E-state index in [0.717, 1.165) is 24.1 Å². The number of esters is 1. The van der Waals surface area contributed by atoms with E-state index >= 15 is 0 Å². The van der Waals surface area contributed by atoms with Crippen molar-refractivity contribution in [3.8, 4) is 0 Å². The first kappa shape index (κ1) is 15.2. The van der Waals surface area contributed by atoms with Crippen molar-refractivity contribution in [1.29, 1.82) is 0 Å². The predicted molar refractivity (Wildman–Crippen MR) is 82.9 cm³/mol. The smallest absolute Gasteiger partial charge is 0.355 e. The Balaban J connectivity index is 1.60. The summed E-state index contributed by atoms with van der Waals surface area (Å²) in [6.07, 6.45) is 2.25. The van der Waals surface area contributed by atoms with Crippen LogP contribution in [-0.2, 0) is 25.5 Å². The number of rotatable bonds is 3. The molecule has 0 fully saturated rings. The SMILES string of the molecule is O=C1CCC(C(=O)OCC(=O)N2CCCc3ccccc32)=NN1. The lowest BCUT2D eigenvalue weighted by Crippen LogP contribution is -2.39. The third kappa shape index (κ3) is 3.39. The number of amides is 2. The molecule has 0 aliphatic carbocycles. The largest absolute Gasteiger partial charge is 0.451 e. The number of carbonyl (C=O) groups excluding carboxylic acids is 3. The molecule has 1 aromatic rings. The molecule has 2 aliphatic rings. The molecule has 0 bridgehead atoms. The van der Waals surface area contributed by atoms with Crippen LogP contribution in [-0.4, -0.2) is 36.6 Å². The molecule has 0 spiro atoms. The second-order valence-corrected chi connectivity index (χ2v) is 5.45. The van der Waals surface area contributed by atoms with Gasteiger partial charge < -0.3 is 9.64 Å². The number of hydrogen-bond acceptors (Lipinski definition) is 5. The van der Waals surface area contributed by atoms with E-state index in [-0.39, 0.29) is 37.0 Å². The van der Waals surface area contributed by atoms with Crippen LogP contribution in [0, 0.1) is 0 Å². The third-order valence-corrected chi connectivity index (χ3v) is 3.88. The summed E-state index contributed by atoms with van der Waals surface area (Å²) in [4.78, 5) is 36.8. The predicted octanol–water partition coefficient (Wildman–Crippen LogP) is 0.775. The molecule has 2 aliphatic heterocycles. The van der Waals surface area contributed by atoms with Gasteiger partial charge in [-0.2, -0.15) is 5.10 Å². The van der Waals surface area contributed by atoms with Crippen molar-refractivity contribution in [2.24, 2.45) is 5.10 Å². The molecular formula is C16H17N3O4. The number of para-hydroxylation sites is 1. The maximum Gasteiger partial charge on any atom is 0.355 e. The van der Waals surface area contributed by atoms with Crippen LogP contribution in [0.15, 0.2) is 29.4 Å². The summed E-state index contributed by atoms with van der Waals surface area (Å²) in [5, 5.41) is 3.65. The van der Waals surface area contributed by atoms with E-state index in [9.17, 15) is 14.4 Å². The molecule has 1 aromatic carbocycles. The van der Waals surface area contributed by atoms with Crippen LogP contribution in [0.25, 0.3) is 0 Å². The summed E-state index contributed by atoms with van der Waals surface area (Å²) in [6.45, 7) is 0.282. The van der Waals surface area contributed by atoms with Crippen molar-refractivity contribution < 1.29 is 19.1 Å². The monoisotopic (exact) mass is 315 g/mol. The number of aryl methyl sites for hydroxylation is 1. The van der Waals surface area contributed by atoms with Crippen molar-refractivity contribution in [3.63, 3.8) is 0 Å². The van der Waals surface area contributed by atoms with Gasteiger partial charge in [-0.25, -0.2) is 10.2 Å². The maximum absolute atomic E-state index is 12.3. The molecule has 0 aromatic heterocycles. The van der Waals surface area contributed by atoms with Crippen molar-refractivity contribution >= 4 is 29.2 Å². The van der Waals surface area contributed by atoms with Crippen LogP contribution >= 0.6 is 0 Å². The lowest BCUT2D eigenvalue weighted by atomic mass is 10.0. The fraction of sp³-hybridized carbons (Fsp3) is 0.375. The maximum atomic E-state index is 12.3. The van der Waals surface area contributed by atoms with E-state index in [1.807, 2.05) is 24.3 Å². The van der Waals surface area contributed by atoms with E-state index in [1.54, 1.807) is 4.90 Å². The molecule has 2 amide bonds. The molecule has 7 nitrogen and oxygen atoms in total. The number of nitrogens with one attached hydrogen (secondary N) is 1. The Labute approximate surface area is 133 Å². The molecule has 2 heterocycles. The number of hydrazone groups is 1. The Morgan fingerprint density at radius 3 is 2.83 bits per heavy atom. The summed E-state index contributed by atoms with van der Waals surface area (Å²) in [5.41, 5.74) is 4.37. The van der Waals surface area contributed by atoms with Crippen molar-refractivity contribution in [3.05, 3.63) is 29.8 Å². The molecular weight excluding hydrogens is 298 g/mol. The lowest BCUT2D eigenvalue weighted by Gasteiger charge is -2.29. The molecule has 120 valence electrons. The number of hydrogen-bond donors (Lipinski definition) is 1. The van der Waals surface area contributed by atoms with Gasteiger partial charge in [-0.1, -0.05) is 18.2 Å². The van der Waals surface area contributed by atoms with E-state index < -0.39 is 5.97 Å². The summed E-state index contributed by atoms with van der Waals surface area (Å²) in [5.74, 6) is -1.16. The van der Waals surface area contributed by atoms with Crippen LogP contribution in [0.5, 0.6) is 0 Å². The first-order valence-corrected chi connectivity index (χ1v) is 7.56. The van der Waals surface area contributed by atoms with Gasteiger partial charge >= 0.3 is 5.97 Å². The minimum absolute atomic E-state index is 0.136. The number of nitrogens with zero attached hydrogens (tertiary/aromatic N) is 2. The Morgan fingerprint density at radius 2 is 2.04 bits per heavy atom. The van der Waals surface area contributed by atoms with E-state index in [0.29, 0.717) is 6.54 Å². The van der Waals surface area contributed by atoms with Crippen LogP contribution in [0.4, 0.5) is 5.69 Å². The minimum atomic E-state index is -0.663. The molecule has 0 saturated carbocycles. The second-order valence-electron chi connectivity index (χ2n) is 5.45. The highest BCUT2D eigenvalue weighted by Crippen LogP contribution is 2.26. The minimum Gasteiger partial charge on any atom is -0.451 e. The molecule has 0 atom stereocenters. The number of anilines is 1. The zero-order valence-corrected chi connectivity index (χ0v) is 12.6. The number of fused-ring (bicyclic) bond motifs is 1. The highest BCUT2D eigenvalue weighted by atomic mass is 16.5. The average Bonchev–Trinajstić information content (AvgIpc) is 2.59. The zero-order valence-electron chi connectivity index (χ0n) is 12.6. The van der Waals surface area contributed by atoms with Crippen LogP contribution in [0.3, 0.4) is 0 Å². The van der Waals surface area contributed by atoms with Gasteiger partial charge in [0.05, 0.1) is 0 Å². The standard InChI is InChI=1S/C16H17N3O4/c20-14-8-7-12(17-18-14)16(22)23-10-15(21)19-9-3-5-11-4-1-2-6-13(11)19/h1-2,4,6H,3,5,7-10H2,(H,18,20). The Morgan fingerprint density at radius 1 is 1.22 bits per heavy atom. The molecule has 1 N–H and O–H groups in total. The molecule has 0 saturated heterocycles. The van der Waals surface area contributed by atoms with Crippen molar-refractivity contribution in [1.82, 2.24) is 5.43 Å². The van der Waals surface area contributed by atoms with E-state index in [4.69, 9.17) is 4.74 Å². The Kier molecular flexibility index (Phi) is 4.36. The van der Waals surface area contributed by atoms with Crippen molar-refractivity contribution in [2.45, 2.75) is 25.7 Å². The average molecular weight is 315 g/mol. The van der Waals surface area contributed by atoms with Gasteiger partial charge in [0.1, 0.15) is 5.71 Å². The fourth-order valence-electron chi connectivity index (χ4n) is 2.70. The normalized spacial score (nSPS) is 17.0. The topological polar surface area (TPSA) is 88.1 Å². The molecule has 7 heteroatoms. The summed E-state index contributed by atoms with van der Waals surface area (Å²) in [7, 11) is 0. The number of ether oxygens (including phenoxy) is 1. The van der Waals surface area contributed by atoms with Gasteiger partial charge in [0.2, 0.25) is 5.91 Å². The van der Waals surface area contributed by atoms with Crippen molar-refractivity contribution in [2.75, 3.05) is 18.1 Å². The highest BCUT2D eigenvalue weighted by Gasteiger charge is 2.25. The van der Waals surface area contributed by atoms with Gasteiger partial charge in [-0.3, -0.25) is 9.59 Å². The Bertz CT molecular complexity index is 684. The molecule has 0 unspecified atom stereocenters. The van der Waals surface area contributed by atoms with E-state index in [2.05, 4.69) is 10.5 Å². The van der Waals surface area contributed by atoms with Gasteiger partial charge in [0, 0.05) is 25.1 Å². The van der Waals surface area contributed by atoms with Crippen LogP contribution < -0.4 is 10.3 Å². The first-order chi connectivity index (χ1) is 11.1. The van der Waals surface area contributed by atoms with Gasteiger partial charge in [0.25, 0.3) is 5.91 Å². The third-order valence-electron chi connectivity index (χ3n) is 3.88. The fourth-order valence-corrected chi connectivity index (χ4v) is 2.70. The molecule has 0 radical (unpaired) electrons. The molecule has 23 heavy (non-hydrogen) atoms. The quantitative estimate of drug-likeness (QED) is 0.835.